The first kappa shape index (κ1) is 60.6. The van der Waals surface area contributed by atoms with Crippen LogP contribution in [0.3, 0.4) is 0 Å². The minimum Gasteiger partial charge on any atom is -0.480 e. The van der Waals surface area contributed by atoms with Gasteiger partial charge in [0.1, 0.15) is 75.7 Å². The number of aromatic nitrogens is 1. The number of aliphatic hydroxyl groups is 2. The number of aromatic amines is 1. The number of hydrogen-bond donors (Lipinski definition) is 9. The summed E-state index contributed by atoms with van der Waals surface area (Å²) >= 11 is 0. The lowest BCUT2D eigenvalue weighted by atomic mass is 9.91. The molecule has 432 valence electrons. The van der Waals surface area contributed by atoms with Gasteiger partial charge in [0.25, 0.3) is 0 Å². The molecule has 7 atom stereocenters. The van der Waals surface area contributed by atoms with Gasteiger partial charge in [-0.2, -0.15) is 0 Å². The Labute approximate surface area is 458 Å². The summed E-state index contributed by atoms with van der Waals surface area (Å²) in [5, 5.41) is 60.0. The summed E-state index contributed by atoms with van der Waals surface area (Å²) < 4.78 is 30.9. The summed E-state index contributed by atoms with van der Waals surface area (Å²) in [7, 11) is 0. The van der Waals surface area contributed by atoms with Crippen LogP contribution in [0.1, 0.15) is 113 Å². The van der Waals surface area contributed by atoms with Crippen LogP contribution in [0.25, 0.3) is 10.9 Å². The highest BCUT2D eigenvalue weighted by atomic mass is 16.6. The Morgan fingerprint density at radius 1 is 0.600 bits per heavy atom. The highest BCUT2D eigenvalue weighted by Gasteiger charge is 2.63. The highest BCUT2D eigenvalue weighted by Crippen LogP contribution is 2.52. The average Bonchev–Trinajstić information content (AvgIpc) is 4.05. The summed E-state index contributed by atoms with van der Waals surface area (Å²) in [6.45, 7) is 19.0. The molecule has 2 saturated heterocycles. The fourth-order valence-corrected chi connectivity index (χ4v) is 9.46. The number of hydrogen-bond acceptors (Lipinski definition) is 19. The van der Waals surface area contributed by atoms with Gasteiger partial charge in [0, 0.05) is 97.8 Å². The molecule has 4 aliphatic rings. The molecule has 0 saturated carbocycles. The predicted molar refractivity (Wildman–Crippen MR) is 280 cm³/mol. The van der Waals surface area contributed by atoms with Crippen molar-refractivity contribution in [3.8, 4) is 17.2 Å². The molecule has 80 heavy (non-hydrogen) atoms. The van der Waals surface area contributed by atoms with Gasteiger partial charge in [-0.3, -0.25) is 24.2 Å². The number of esters is 3. The number of rotatable bonds is 9. The molecule has 0 spiro atoms. The van der Waals surface area contributed by atoms with Gasteiger partial charge in [-0.15, -0.1) is 0 Å². The number of carboxylic acids is 3. The molecule has 0 unspecified atom stereocenters. The third-order valence-corrected chi connectivity index (χ3v) is 12.4. The van der Waals surface area contributed by atoms with E-state index in [1.165, 1.54) is 45.0 Å². The van der Waals surface area contributed by atoms with Gasteiger partial charge in [-0.25, -0.2) is 28.8 Å². The smallest absolute Gasteiger partial charge is 0.412 e. The van der Waals surface area contributed by atoms with Gasteiger partial charge in [0.15, 0.2) is 0 Å². The number of nitrogens with zero attached hydrogens (tertiary/aromatic N) is 2. The lowest BCUT2D eigenvalue weighted by molar-refractivity contribution is -0.143. The van der Waals surface area contributed by atoms with Crippen LogP contribution in [0.4, 0.5) is 25.8 Å². The number of anilines is 2. The average molecular weight is 1120 g/mol. The van der Waals surface area contributed by atoms with Crippen molar-refractivity contribution < 1.29 is 97.1 Å². The second-order valence-corrected chi connectivity index (χ2v) is 22.3. The standard InChI is InChI=1S/2C18H22N2O7.C18H22N2O6/c2*1-9(21)26-10-5-6-11-12(7-10)19-15-18(11,25)8-13(14(22)23)20(15)16(24)27-17(2,3)4;1-10(21)25-12-5-6-13-11(9-19-14(13)8-12)7-15(16(22)23)20-17(24)26-18(2,3)4/h2*5-7,13,15,19,25H,8H2,1-4H3,(H,22,23);5-6,8-9,15,19H,7H2,1-4H3,(H,20,24)(H,22,23)/t13-,15+,18-;13-,15-,18+;15-/m000/s1. The van der Waals surface area contributed by atoms with E-state index in [-0.39, 0.29) is 30.8 Å². The first-order valence-corrected chi connectivity index (χ1v) is 25.0. The van der Waals surface area contributed by atoms with Crippen LogP contribution in [-0.4, -0.2) is 142 Å². The number of carbonyl (C=O) groups excluding carboxylic acids is 6. The number of ether oxygens (including phenoxy) is 6. The summed E-state index contributed by atoms with van der Waals surface area (Å²) in [5.41, 5.74) is -2.41. The number of alkyl carbamates (subject to hydrolysis) is 1. The van der Waals surface area contributed by atoms with E-state index < -0.39 is 113 Å². The topological polar surface area (TPSA) is 369 Å². The summed E-state index contributed by atoms with van der Waals surface area (Å²) in [5.74, 6) is -4.11. The molecule has 2 fully saturated rings. The van der Waals surface area contributed by atoms with Gasteiger partial charge in [-0.05, 0) is 92.1 Å². The Balaban J connectivity index is 0.000000194. The van der Waals surface area contributed by atoms with Crippen molar-refractivity contribution in [3.05, 3.63) is 77.5 Å². The van der Waals surface area contributed by atoms with E-state index in [1.54, 1.807) is 98.8 Å². The Hall–Kier alpha value is -8.65. The molecule has 4 aromatic rings. The fraction of sp³-hybridized carbons (Fsp3) is 0.463. The van der Waals surface area contributed by atoms with E-state index in [0.29, 0.717) is 39.3 Å². The minimum atomic E-state index is -1.61. The van der Waals surface area contributed by atoms with Crippen LogP contribution >= 0.6 is 0 Å². The van der Waals surface area contributed by atoms with Crippen LogP contribution in [-0.2, 0) is 60.6 Å². The monoisotopic (exact) mass is 1120 g/mol. The Morgan fingerprint density at radius 3 is 1.35 bits per heavy atom. The number of carboxylic acid groups (broad SMARTS) is 3. The van der Waals surface area contributed by atoms with Crippen molar-refractivity contribution >= 4 is 76.4 Å². The molecule has 26 heteroatoms. The van der Waals surface area contributed by atoms with Crippen molar-refractivity contribution in [3.63, 3.8) is 0 Å². The van der Waals surface area contributed by atoms with Gasteiger partial charge >= 0.3 is 54.1 Å². The zero-order chi connectivity index (χ0) is 59.8. The zero-order valence-electron chi connectivity index (χ0n) is 46.0. The molecule has 3 amide bonds. The Bertz CT molecular complexity index is 2980. The van der Waals surface area contributed by atoms with Crippen molar-refractivity contribution in [1.82, 2.24) is 20.1 Å². The number of benzene rings is 3. The summed E-state index contributed by atoms with van der Waals surface area (Å²) in [6, 6.07) is 10.5. The largest absolute Gasteiger partial charge is 0.480 e. The summed E-state index contributed by atoms with van der Waals surface area (Å²) in [6.07, 6.45) is -3.16. The van der Waals surface area contributed by atoms with Gasteiger partial charge < -0.3 is 74.9 Å². The van der Waals surface area contributed by atoms with E-state index in [2.05, 4.69) is 20.9 Å². The van der Waals surface area contributed by atoms with Crippen molar-refractivity contribution in [1.29, 1.82) is 0 Å². The number of H-pyrrole nitrogens is 1. The molecule has 9 N–H and O–H groups in total. The lowest BCUT2D eigenvalue weighted by Gasteiger charge is -2.31. The molecular weight excluding hydrogens is 1050 g/mol. The maximum Gasteiger partial charge on any atom is 0.412 e. The number of aliphatic carboxylic acids is 3. The quantitative estimate of drug-likeness (QED) is 0.0534. The SMILES string of the molecule is CC(=O)Oc1ccc2c(C[C@H](NC(=O)OC(C)(C)C)C(=O)O)c[nH]c2c1.CC(=O)Oc1ccc2c(c1)N[C@@H]1N(C(=O)OC(C)(C)C)[C@H](C(=O)O)C[C@]21O.CC(=O)Oc1ccc2c(c1)N[C@H]1N(C(=O)OC(C)(C)C)[C@H](C(=O)O)C[C@@]21O. The number of nitrogens with one attached hydrogen (secondary N) is 4. The van der Waals surface area contributed by atoms with Crippen LogP contribution in [0.5, 0.6) is 17.2 Å². The number of carbonyl (C=O) groups is 9. The van der Waals surface area contributed by atoms with E-state index >= 15 is 0 Å². The zero-order valence-corrected chi connectivity index (χ0v) is 46.0. The van der Waals surface area contributed by atoms with Crippen LogP contribution in [0.2, 0.25) is 0 Å². The number of amides is 3. The molecule has 0 bridgehead atoms. The highest BCUT2D eigenvalue weighted by molar-refractivity contribution is 5.88. The van der Waals surface area contributed by atoms with Crippen LogP contribution in [0.15, 0.2) is 60.8 Å². The predicted octanol–water partition coefficient (Wildman–Crippen LogP) is 5.90. The van der Waals surface area contributed by atoms with Crippen molar-refractivity contribution in [2.45, 2.75) is 161 Å². The number of fused-ring (bicyclic) bond motifs is 7. The van der Waals surface area contributed by atoms with Crippen LogP contribution in [0, 0.1) is 0 Å². The summed E-state index contributed by atoms with van der Waals surface area (Å²) in [4.78, 5) is 110. The van der Waals surface area contributed by atoms with E-state index in [4.69, 9.17) is 28.4 Å². The molecule has 0 aliphatic carbocycles. The second-order valence-electron chi connectivity index (χ2n) is 22.3. The maximum absolute atomic E-state index is 12.6. The third kappa shape index (κ3) is 14.0. The normalized spacial score (nSPS) is 21.6. The first-order valence-electron chi connectivity index (χ1n) is 25.0. The Morgan fingerprint density at radius 2 is 0.988 bits per heavy atom. The molecule has 3 aromatic carbocycles. The van der Waals surface area contributed by atoms with Gasteiger partial charge in [-0.1, -0.05) is 12.1 Å². The lowest BCUT2D eigenvalue weighted by Crippen LogP contribution is -2.51. The molecule has 0 radical (unpaired) electrons. The Kier molecular flexibility index (Phi) is 17.1. The van der Waals surface area contributed by atoms with Crippen molar-refractivity contribution in [2.75, 3.05) is 10.6 Å². The molecular formula is C54H66N6O20. The molecule has 26 nitrogen and oxygen atoms in total. The molecule has 5 heterocycles. The maximum atomic E-state index is 12.6. The van der Waals surface area contributed by atoms with Crippen LogP contribution < -0.4 is 30.2 Å². The van der Waals surface area contributed by atoms with E-state index in [0.717, 1.165) is 15.2 Å². The molecule has 4 aliphatic heterocycles. The van der Waals surface area contributed by atoms with Crippen molar-refractivity contribution in [2.24, 2.45) is 0 Å². The van der Waals surface area contributed by atoms with Gasteiger partial charge in [0.2, 0.25) is 0 Å². The second kappa shape index (κ2) is 22.6. The van der Waals surface area contributed by atoms with Gasteiger partial charge in [0.05, 0.1) is 0 Å². The fourth-order valence-electron chi connectivity index (χ4n) is 9.46. The third-order valence-electron chi connectivity index (χ3n) is 12.4. The molecule has 1 aromatic heterocycles. The van der Waals surface area contributed by atoms with E-state index in [1.807, 2.05) is 0 Å². The van der Waals surface area contributed by atoms with E-state index in [9.17, 15) is 68.7 Å². The number of likely N-dealkylation sites (tertiary alicyclic amines) is 2. The first-order chi connectivity index (χ1) is 36.9. The molecule has 8 rings (SSSR count). The minimum absolute atomic E-state index is 0.0709.